The molecule has 1 aliphatic rings. The Hall–Kier alpha value is -1.14. The summed E-state index contributed by atoms with van der Waals surface area (Å²) in [5, 5.41) is 3.20. The number of rotatable bonds is 3. The van der Waals surface area contributed by atoms with Crippen LogP contribution in [0.2, 0.25) is 0 Å². The SMILES string of the molecule is NC(=S)c1ccc(NC2CCS(=O)(=O)C2)cc1. The molecule has 6 heteroatoms. The molecule has 0 bridgehead atoms. The van der Waals surface area contributed by atoms with Crippen LogP contribution < -0.4 is 11.1 Å². The zero-order valence-electron chi connectivity index (χ0n) is 9.22. The van der Waals surface area contributed by atoms with E-state index in [4.69, 9.17) is 18.0 Å². The third-order valence-corrected chi connectivity index (χ3v) is 4.78. The zero-order chi connectivity index (χ0) is 12.5. The van der Waals surface area contributed by atoms with Gasteiger partial charge in [0.1, 0.15) is 4.99 Å². The molecule has 17 heavy (non-hydrogen) atoms. The molecule has 4 nitrogen and oxygen atoms in total. The molecule has 1 aromatic rings. The smallest absolute Gasteiger partial charge is 0.152 e. The molecule has 0 radical (unpaired) electrons. The minimum atomic E-state index is -2.84. The summed E-state index contributed by atoms with van der Waals surface area (Å²) in [6.45, 7) is 0. The Balaban J connectivity index is 2.03. The number of benzene rings is 1. The van der Waals surface area contributed by atoms with Crippen molar-refractivity contribution in [3.8, 4) is 0 Å². The topological polar surface area (TPSA) is 72.2 Å². The number of sulfone groups is 1. The van der Waals surface area contributed by atoms with E-state index in [1.165, 1.54) is 0 Å². The van der Waals surface area contributed by atoms with E-state index in [2.05, 4.69) is 5.32 Å². The molecule has 0 amide bonds. The van der Waals surface area contributed by atoms with Gasteiger partial charge in [0.05, 0.1) is 11.5 Å². The van der Waals surface area contributed by atoms with Gasteiger partial charge < -0.3 is 11.1 Å². The molecule has 92 valence electrons. The first-order valence-electron chi connectivity index (χ1n) is 5.33. The summed E-state index contributed by atoms with van der Waals surface area (Å²) in [4.78, 5) is 0.361. The van der Waals surface area contributed by atoms with E-state index in [0.29, 0.717) is 11.4 Å². The van der Waals surface area contributed by atoms with Crippen LogP contribution in [0.4, 0.5) is 5.69 Å². The minimum absolute atomic E-state index is 0.00989. The molecule has 1 fully saturated rings. The second-order valence-electron chi connectivity index (χ2n) is 4.19. The van der Waals surface area contributed by atoms with Gasteiger partial charge in [0, 0.05) is 17.3 Å². The molecule has 1 aromatic carbocycles. The van der Waals surface area contributed by atoms with E-state index in [1.54, 1.807) is 0 Å². The Labute approximate surface area is 106 Å². The van der Waals surface area contributed by atoms with Crippen LogP contribution in [-0.2, 0) is 9.84 Å². The van der Waals surface area contributed by atoms with Crippen LogP contribution in [-0.4, -0.2) is 31.0 Å². The normalized spacial score (nSPS) is 22.2. The quantitative estimate of drug-likeness (QED) is 0.799. The predicted molar refractivity (Wildman–Crippen MR) is 73.0 cm³/mol. The van der Waals surface area contributed by atoms with E-state index in [1.807, 2.05) is 24.3 Å². The summed E-state index contributed by atoms with van der Waals surface area (Å²) in [5.41, 5.74) is 7.20. The Morgan fingerprint density at radius 3 is 2.47 bits per heavy atom. The van der Waals surface area contributed by atoms with E-state index >= 15 is 0 Å². The molecule has 1 heterocycles. The second kappa shape index (κ2) is 4.62. The van der Waals surface area contributed by atoms with Crippen molar-refractivity contribution in [1.82, 2.24) is 0 Å². The highest BCUT2D eigenvalue weighted by Gasteiger charge is 2.27. The molecule has 0 aromatic heterocycles. The van der Waals surface area contributed by atoms with Crippen LogP contribution in [0.5, 0.6) is 0 Å². The average molecular weight is 270 g/mol. The van der Waals surface area contributed by atoms with Gasteiger partial charge >= 0.3 is 0 Å². The first kappa shape index (κ1) is 12.3. The van der Waals surface area contributed by atoms with Gasteiger partial charge in [-0.05, 0) is 30.7 Å². The van der Waals surface area contributed by atoms with Crippen molar-refractivity contribution in [1.29, 1.82) is 0 Å². The fourth-order valence-corrected chi connectivity index (χ4v) is 3.68. The van der Waals surface area contributed by atoms with Crippen molar-refractivity contribution in [3.63, 3.8) is 0 Å². The summed E-state index contributed by atoms with van der Waals surface area (Å²) in [6, 6.07) is 7.39. The molecule has 1 saturated heterocycles. The Kier molecular flexibility index (Phi) is 3.35. The Bertz CT molecular complexity index is 523. The van der Waals surface area contributed by atoms with Crippen LogP contribution in [0.1, 0.15) is 12.0 Å². The molecule has 1 atom stereocenters. The predicted octanol–water partition coefficient (Wildman–Crippen LogP) is 0.920. The lowest BCUT2D eigenvalue weighted by Gasteiger charge is -2.12. The van der Waals surface area contributed by atoms with Gasteiger partial charge in [0.2, 0.25) is 0 Å². The van der Waals surface area contributed by atoms with Crippen molar-refractivity contribution in [2.45, 2.75) is 12.5 Å². The van der Waals surface area contributed by atoms with Crippen molar-refractivity contribution < 1.29 is 8.42 Å². The largest absolute Gasteiger partial charge is 0.389 e. The van der Waals surface area contributed by atoms with Crippen LogP contribution in [0, 0.1) is 0 Å². The summed E-state index contributed by atoms with van der Waals surface area (Å²) < 4.78 is 22.6. The number of thiocarbonyl (C=S) groups is 1. The maximum Gasteiger partial charge on any atom is 0.152 e. The van der Waals surface area contributed by atoms with Gasteiger partial charge in [-0.15, -0.1) is 0 Å². The summed E-state index contributed by atoms with van der Waals surface area (Å²) in [5.74, 6) is 0.486. The van der Waals surface area contributed by atoms with Crippen LogP contribution in [0.3, 0.4) is 0 Å². The highest BCUT2D eigenvalue weighted by Crippen LogP contribution is 2.17. The van der Waals surface area contributed by atoms with Crippen molar-refractivity contribution in [3.05, 3.63) is 29.8 Å². The van der Waals surface area contributed by atoms with Crippen LogP contribution in [0.25, 0.3) is 0 Å². The van der Waals surface area contributed by atoms with Gasteiger partial charge in [0.25, 0.3) is 0 Å². The summed E-state index contributed by atoms with van der Waals surface area (Å²) in [7, 11) is -2.84. The highest BCUT2D eigenvalue weighted by molar-refractivity contribution is 7.91. The van der Waals surface area contributed by atoms with Crippen molar-refractivity contribution in [2.75, 3.05) is 16.8 Å². The second-order valence-corrected chi connectivity index (χ2v) is 6.85. The molecule has 3 N–H and O–H groups in total. The third kappa shape index (κ3) is 3.17. The van der Waals surface area contributed by atoms with E-state index < -0.39 is 9.84 Å². The van der Waals surface area contributed by atoms with Gasteiger partial charge in [-0.1, -0.05) is 12.2 Å². The zero-order valence-corrected chi connectivity index (χ0v) is 10.9. The number of hydrogen-bond donors (Lipinski definition) is 2. The monoisotopic (exact) mass is 270 g/mol. The minimum Gasteiger partial charge on any atom is -0.389 e. The highest BCUT2D eigenvalue weighted by atomic mass is 32.2. The fraction of sp³-hybridized carbons (Fsp3) is 0.364. The standard InChI is InChI=1S/C11H14N2O2S2/c12-11(16)8-1-3-9(4-2-8)13-10-5-6-17(14,15)7-10/h1-4,10,13H,5-7H2,(H2,12,16). The number of anilines is 1. The maximum absolute atomic E-state index is 11.3. The molecule has 0 aliphatic carbocycles. The van der Waals surface area contributed by atoms with E-state index in [9.17, 15) is 8.42 Å². The van der Waals surface area contributed by atoms with Gasteiger partial charge in [-0.25, -0.2) is 8.42 Å². The first-order valence-corrected chi connectivity index (χ1v) is 7.56. The molecule has 1 aliphatic heterocycles. The van der Waals surface area contributed by atoms with Crippen molar-refractivity contribution >= 4 is 32.7 Å². The number of nitrogens with one attached hydrogen (secondary N) is 1. The molecule has 0 saturated carbocycles. The maximum atomic E-state index is 11.3. The van der Waals surface area contributed by atoms with E-state index in [-0.39, 0.29) is 17.5 Å². The first-order chi connectivity index (χ1) is 7.96. The average Bonchev–Trinajstić information content (AvgIpc) is 2.59. The van der Waals surface area contributed by atoms with Gasteiger partial charge in [-0.2, -0.15) is 0 Å². The van der Waals surface area contributed by atoms with Crippen LogP contribution >= 0.6 is 12.2 Å². The fourth-order valence-electron chi connectivity index (χ4n) is 1.88. The Morgan fingerprint density at radius 1 is 1.35 bits per heavy atom. The van der Waals surface area contributed by atoms with E-state index in [0.717, 1.165) is 11.3 Å². The molecule has 2 rings (SSSR count). The van der Waals surface area contributed by atoms with Crippen molar-refractivity contribution in [2.24, 2.45) is 5.73 Å². The number of hydrogen-bond acceptors (Lipinski definition) is 4. The molecular weight excluding hydrogens is 256 g/mol. The molecular formula is C11H14N2O2S2. The lowest BCUT2D eigenvalue weighted by atomic mass is 10.2. The lowest BCUT2D eigenvalue weighted by molar-refractivity contribution is 0.602. The summed E-state index contributed by atoms with van der Waals surface area (Å²) in [6.07, 6.45) is 0.666. The lowest BCUT2D eigenvalue weighted by Crippen LogP contribution is -2.20. The van der Waals surface area contributed by atoms with Gasteiger partial charge in [-0.3, -0.25) is 0 Å². The van der Waals surface area contributed by atoms with Gasteiger partial charge in [0.15, 0.2) is 9.84 Å². The Morgan fingerprint density at radius 2 is 2.00 bits per heavy atom. The van der Waals surface area contributed by atoms with Crippen LogP contribution in [0.15, 0.2) is 24.3 Å². The summed E-state index contributed by atoms with van der Waals surface area (Å²) >= 11 is 4.86. The third-order valence-electron chi connectivity index (χ3n) is 2.77. The molecule has 0 spiro atoms. The molecule has 1 unspecified atom stereocenters. The number of nitrogens with two attached hydrogens (primary N) is 1.